The average Bonchev–Trinajstić information content (AvgIpc) is 3.46. The number of benzene rings is 1. The minimum absolute atomic E-state index is 0.0363. The second kappa shape index (κ2) is 13.2. The summed E-state index contributed by atoms with van der Waals surface area (Å²) in [6.07, 6.45) is 10.2. The van der Waals surface area contributed by atoms with Gasteiger partial charge in [0.25, 0.3) is 0 Å². The Labute approximate surface area is 331 Å². The van der Waals surface area contributed by atoms with Gasteiger partial charge in [-0.05, 0) is 129 Å². The standard InChI is InChI=1S/C46H68N2O6S/c1-29(2)32-17-20-46(47-21-22-48-23-25-55(50,51)26-24-48)28-38-44(8)34(39(32)46)15-16-35-43(7)19-18-33(30-11-13-31(14-12-30)40(49)52-10)41(3,4)36(43)27-37(45(35,44)9)53-42(5,6)54-38/h11-14,18,32,34-39,47H,1,15-17,19-28H2,2-10H3/t32-,34+,35?,36-,37-,38-,39+,43?,44-,45-,46-/m0/s1. The van der Waals surface area contributed by atoms with Crippen LogP contribution in [-0.4, -0.2) is 87.6 Å². The van der Waals surface area contributed by atoms with Crippen LogP contribution in [0.4, 0.5) is 0 Å². The predicted octanol–water partition coefficient (Wildman–Crippen LogP) is 7.94. The largest absolute Gasteiger partial charge is 0.465 e. The Morgan fingerprint density at radius 3 is 2.27 bits per heavy atom. The van der Waals surface area contributed by atoms with Crippen LogP contribution in [0.3, 0.4) is 0 Å². The first-order valence-corrected chi connectivity index (χ1v) is 23.1. The smallest absolute Gasteiger partial charge is 0.337 e. The lowest BCUT2D eigenvalue weighted by atomic mass is 9.31. The summed E-state index contributed by atoms with van der Waals surface area (Å²) in [6.45, 7) is 27.0. The van der Waals surface area contributed by atoms with Crippen LogP contribution in [0.15, 0.2) is 42.5 Å². The molecular formula is C46H68N2O6S. The third-order valence-electron chi connectivity index (χ3n) is 17.5. The molecule has 304 valence electrons. The molecule has 0 amide bonds. The van der Waals surface area contributed by atoms with E-state index in [1.54, 1.807) is 0 Å². The molecule has 1 aromatic carbocycles. The van der Waals surface area contributed by atoms with Crippen molar-refractivity contribution in [2.75, 3.05) is 44.8 Å². The van der Waals surface area contributed by atoms with E-state index in [0.29, 0.717) is 48.2 Å². The number of allylic oxidation sites excluding steroid dienone is 3. The van der Waals surface area contributed by atoms with Gasteiger partial charge < -0.3 is 24.4 Å². The highest BCUT2D eigenvalue weighted by molar-refractivity contribution is 7.91. The maximum absolute atomic E-state index is 12.3. The number of hydrogen-bond donors (Lipinski definition) is 1. The summed E-state index contributed by atoms with van der Waals surface area (Å²) in [7, 11) is -1.47. The maximum Gasteiger partial charge on any atom is 0.337 e. The van der Waals surface area contributed by atoms with Crippen molar-refractivity contribution in [1.82, 2.24) is 10.2 Å². The highest BCUT2D eigenvalue weighted by Crippen LogP contribution is 2.78. The normalized spacial score (nSPS) is 43.9. The summed E-state index contributed by atoms with van der Waals surface area (Å²) >= 11 is 0. The molecular weight excluding hydrogens is 709 g/mol. The average molecular weight is 777 g/mol. The second-order valence-corrected chi connectivity index (χ2v) is 22.9. The zero-order chi connectivity index (χ0) is 39.6. The number of carbonyl (C=O) groups is 1. The summed E-state index contributed by atoms with van der Waals surface area (Å²) in [4.78, 5) is 14.6. The van der Waals surface area contributed by atoms with Crippen molar-refractivity contribution in [1.29, 1.82) is 0 Å². The number of ether oxygens (including phenoxy) is 3. The van der Waals surface area contributed by atoms with Crippen molar-refractivity contribution in [3.63, 3.8) is 0 Å². The number of carbonyl (C=O) groups excluding carboxylic acids is 1. The van der Waals surface area contributed by atoms with Gasteiger partial charge in [-0.2, -0.15) is 0 Å². The van der Waals surface area contributed by atoms with Crippen LogP contribution in [0.2, 0.25) is 0 Å². The molecule has 0 bridgehead atoms. The zero-order valence-corrected chi connectivity index (χ0v) is 35.9. The third-order valence-corrected chi connectivity index (χ3v) is 19.1. The monoisotopic (exact) mass is 776 g/mol. The van der Waals surface area contributed by atoms with Crippen molar-refractivity contribution in [3.05, 3.63) is 53.6 Å². The molecule has 1 N–H and O–H groups in total. The maximum atomic E-state index is 12.3. The molecule has 0 radical (unpaired) electrons. The molecule has 0 aromatic heterocycles. The van der Waals surface area contributed by atoms with Crippen LogP contribution in [-0.2, 0) is 24.0 Å². The minimum atomic E-state index is -2.91. The molecule has 55 heavy (non-hydrogen) atoms. The summed E-state index contributed by atoms with van der Waals surface area (Å²) in [5.41, 5.74) is 4.15. The van der Waals surface area contributed by atoms with Gasteiger partial charge in [0.1, 0.15) is 0 Å². The van der Waals surface area contributed by atoms with Crippen LogP contribution in [0, 0.1) is 51.2 Å². The molecule has 4 saturated carbocycles. The van der Waals surface area contributed by atoms with Crippen molar-refractivity contribution in [2.45, 2.75) is 124 Å². The number of methoxy groups -OCH3 is 1. The molecule has 8 nitrogen and oxygen atoms in total. The van der Waals surface area contributed by atoms with Gasteiger partial charge in [-0.3, -0.25) is 0 Å². The number of fused-ring (bicyclic) bond motifs is 4. The first kappa shape index (κ1) is 39.8. The quantitative estimate of drug-likeness (QED) is 0.221. The Morgan fingerprint density at radius 1 is 0.945 bits per heavy atom. The molecule has 7 aliphatic rings. The Bertz CT molecular complexity index is 1840. The Kier molecular flexibility index (Phi) is 9.57. The van der Waals surface area contributed by atoms with Gasteiger partial charge in [0, 0.05) is 42.5 Å². The SMILES string of the molecule is C=C(C)[C@@H]1CC[C@]2(NCCN3CCS(=O)(=O)CC3)C[C@@H]3OC(C)(C)O[C@H]4C[C@H]5C(C)(C)C(c6ccc(C(=O)OC)cc6)=CCC5(C)C5CC[C@H]([C@@H]12)[C@]3(C)[C@@]54C. The third kappa shape index (κ3) is 5.92. The Hall–Kier alpha value is -2.04. The fourth-order valence-corrected chi connectivity index (χ4v) is 16.2. The number of nitrogens with zero attached hydrogens (tertiary/aromatic N) is 1. The Balaban J connectivity index is 1.16. The van der Waals surface area contributed by atoms with Gasteiger partial charge in [-0.1, -0.05) is 65.0 Å². The molecule has 5 aliphatic carbocycles. The fourth-order valence-electron chi connectivity index (χ4n) is 14.9. The summed E-state index contributed by atoms with van der Waals surface area (Å²) in [5, 5.41) is 4.22. The van der Waals surface area contributed by atoms with Gasteiger partial charge in [-0.15, -0.1) is 0 Å². The van der Waals surface area contributed by atoms with E-state index in [0.717, 1.165) is 45.2 Å². The topological polar surface area (TPSA) is 94.2 Å². The van der Waals surface area contributed by atoms with E-state index >= 15 is 0 Å². The lowest BCUT2D eigenvalue weighted by Crippen LogP contribution is -2.74. The van der Waals surface area contributed by atoms with E-state index in [1.165, 1.54) is 36.7 Å². The highest BCUT2D eigenvalue weighted by Gasteiger charge is 2.77. The van der Waals surface area contributed by atoms with Gasteiger partial charge in [-0.25, -0.2) is 13.2 Å². The van der Waals surface area contributed by atoms with Crippen molar-refractivity contribution in [3.8, 4) is 0 Å². The molecule has 2 saturated heterocycles. The lowest BCUT2D eigenvalue weighted by Gasteiger charge is -2.74. The molecule has 11 atom stereocenters. The summed E-state index contributed by atoms with van der Waals surface area (Å²) in [6, 6.07) is 8.01. The Morgan fingerprint density at radius 2 is 1.62 bits per heavy atom. The second-order valence-electron chi connectivity index (χ2n) is 20.6. The predicted molar refractivity (Wildman–Crippen MR) is 218 cm³/mol. The fraction of sp³-hybridized carbons (Fsp3) is 0.761. The van der Waals surface area contributed by atoms with E-state index in [4.69, 9.17) is 14.2 Å². The molecule has 8 rings (SSSR count). The number of esters is 1. The van der Waals surface area contributed by atoms with Crippen LogP contribution < -0.4 is 5.32 Å². The first-order chi connectivity index (χ1) is 25.7. The van der Waals surface area contributed by atoms with Gasteiger partial charge >= 0.3 is 5.97 Å². The molecule has 2 aliphatic heterocycles. The van der Waals surface area contributed by atoms with Gasteiger partial charge in [0.2, 0.25) is 0 Å². The van der Waals surface area contributed by atoms with Crippen LogP contribution in [0.1, 0.15) is 116 Å². The molecule has 1 aromatic rings. The summed E-state index contributed by atoms with van der Waals surface area (Å²) < 4.78 is 44.2. The zero-order valence-electron chi connectivity index (χ0n) is 35.1. The van der Waals surface area contributed by atoms with E-state index in [-0.39, 0.29) is 56.9 Å². The van der Waals surface area contributed by atoms with Crippen molar-refractivity contribution >= 4 is 21.4 Å². The highest BCUT2D eigenvalue weighted by atomic mass is 32.2. The van der Waals surface area contributed by atoms with Crippen molar-refractivity contribution < 1.29 is 27.4 Å². The number of rotatable bonds is 7. The van der Waals surface area contributed by atoms with E-state index in [2.05, 4.69) is 90.4 Å². The minimum Gasteiger partial charge on any atom is -0.465 e. The molecule has 9 heteroatoms. The van der Waals surface area contributed by atoms with Crippen LogP contribution in [0.25, 0.3) is 5.57 Å². The van der Waals surface area contributed by atoms with E-state index in [9.17, 15) is 13.2 Å². The summed E-state index contributed by atoms with van der Waals surface area (Å²) in [5.74, 6) is 1.74. The van der Waals surface area contributed by atoms with E-state index < -0.39 is 15.6 Å². The number of hydrogen-bond acceptors (Lipinski definition) is 8. The number of nitrogens with one attached hydrogen (secondary N) is 1. The van der Waals surface area contributed by atoms with Crippen LogP contribution in [0.5, 0.6) is 0 Å². The van der Waals surface area contributed by atoms with Gasteiger partial charge in [0.15, 0.2) is 15.6 Å². The first-order valence-electron chi connectivity index (χ1n) is 21.3. The molecule has 2 unspecified atom stereocenters. The van der Waals surface area contributed by atoms with Crippen molar-refractivity contribution in [2.24, 2.45) is 51.2 Å². The lowest BCUT2D eigenvalue weighted by molar-refractivity contribution is -0.274. The van der Waals surface area contributed by atoms with E-state index in [1.807, 2.05) is 12.1 Å². The number of sulfone groups is 1. The van der Waals surface area contributed by atoms with Gasteiger partial charge in [0.05, 0.1) is 36.4 Å². The molecule has 6 fully saturated rings. The molecule has 2 heterocycles. The molecule has 0 spiro atoms. The van der Waals surface area contributed by atoms with Crippen LogP contribution >= 0.6 is 0 Å².